The van der Waals surface area contributed by atoms with Gasteiger partial charge in [-0.15, -0.1) is 5.10 Å². The first kappa shape index (κ1) is 22.8. The van der Waals surface area contributed by atoms with Crippen molar-refractivity contribution in [2.75, 3.05) is 39.9 Å². The number of fused-ring (bicyclic) bond motifs is 1. The molecular weight excluding hydrogens is 455 g/mol. The normalized spacial score (nSPS) is 20.2. The molecule has 35 heavy (non-hydrogen) atoms. The molecule has 2 aromatic heterocycles. The van der Waals surface area contributed by atoms with E-state index in [1.54, 1.807) is 18.3 Å². The molecule has 4 heterocycles. The lowest BCUT2D eigenvalue weighted by molar-refractivity contribution is -0.139. The Hall–Kier alpha value is -3.95. The molecule has 12 heteroatoms. The van der Waals surface area contributed by atoms with Crippen molar-refractivity contribution in [3.63, 3.8) is 0 Å². The summed E-state index contributed by atoms with van der Waals surface area (Å²) in [4.78, 5) is 24.7. The summed E-state index contributed by atoms with van der Waals surface area (Å²) in [6, 6.07) is 6.58. The molecule has 0 saturated carbocycles. The maximum absolute atomic E-state index is 14.0. The predicted octanol–water partition coefficient (Wildman–Crippen LogP) is 1.58. The van der Waals surface area contributed by atoms with Gasteiger partial charge in [0, 0.05) is 37.9 Å². The SMILES string of the molecule is [C-]#[N+]c1c(F)ccc([C@@H]2CN3CCN(C(=O)Cc4ccc(-n5cnnn5)nc4)C[C@H]3CO2)c1OC. The van der Waals surface area contributed by atoms with E-state index in [0.29, 0.717) is 44.2 Å². The summed E-state index contributed by atoms with van der Waals surface area (Å²) < 4.78 is 26.9. The molecule has 2 fully saturated rings. The van der Waals surface area contributed by atoms with Crippen LogP contribution < -0.4 is 4.74 Å². The number of aromatic nitrogens is 5. The molecule has 2 aliphatic heterocycles. The molecule has 11 nitrogen and oxygen atoms in total. The van der Waals surface area contributed by atoms with Gasteiger partial charge >= 0.3 is 0 Å². The lowest BCUT2D eigenvalue weighted by Crippen LogP contribution is -2.59. The highest BCUT2D eigenvalue weighted by molar-refractivity contribution is 5.79. The number of tetrazole rings is 1. The van der Waals surface area contributed by atoms with Crippen LogP contribution in [0, 0.1) is 12.4 Å². The summed E-state index contributed by atoms with van der Waals surface area (Å²) in [6.45, 7) is 10.1. The first-order chi connectivity index (χ1) is 17.1. The maximum atomic E-state index is 14.0. The molecular formula is C23H23FN8O3. The third-order valence-corrected chi connectivity index (χ3v) is 6.37. The molecule has 2 aliphatic rings. The molecule has 0 aliphatic carbocycles. The third kappa shape index (κ3) is 4.55. The minimum Gasteiger partial charge on any atom is -0.507 e. The van der Waals surface area contributed by atoms with E-state index in [-0.39, 0.29) is 35.9 Å². The van der Waals surface area contributed by atoms with Crippen LogP contribution in [0.1, 0.15) is 17.2 Å². The number of halogens is 1. The second-order valence-electron chi connectivity index (χ2n) is 8.40. The fourth-order valence-electron chi connectivity index (χ4n) is 4.54. The molecule has 0 spiro atoms. The second-order valence-corrected chi connectivity index (χ2v) is 8.40. The predicted molar refractivity (Wildman–Crippen MR) is 121 cm³/mol. The zero-order valence-corrected chi connectivity index (χ0v) is 19.0. The van der Waals surface area contributed by atoms with Gasteiger partial charge in [-0.05, 0) is 28.1 Å². The molecule has 2 saturated heterocycles. The smallest absolute Gasteiger partial charge is 0.263 e. The molecule has 5 rings (SSSR count). The summed E-state index contributed by atoms with van der Waals surface area (Å²) >= 11 is 0. The van der Waals surface area contributed by atoms with Crippen LogP contribution in [0.2, 0.25) is 0 Å². The number of amides is 1. The van der Waals surface area contributed by atoms with E-state index in [0.717, 1.165) is 5.56 Å². The summed E-state index contributed by atoms with van der Waals surface area (Å²) in [7, 11) is 1.43. The Morgan fingerprint density at radius 1 is 1.29 bits per heavy atom. The summed E-state index contributed by atoms with van der Waals surface area (Å²) in [5.74, 6) is 0.222. The van der Waals surface area contributed by atoms with Crippen LogP contribution in [0.3, 0.4) is 0 Å². The van der Waals surface area contributed by atoms with Gasteiger partial charge in [-0.3, -0.25) is 9.69 Å². The van der Waals surface area contributed by atoms with E-state index in [1.165, 1.54) is 24.2 Å². The molecule has 3 aromatic rings. The van der Waals surface area contributed by atoms with Crippen LogP contribution in [0.25, 0.3) is 10.7 Å². The number of nitrogens with zero attached hydrogens (tertiary/aromatic N) is 8. The zero-order valence-electron chi connectivity index (χ0n) is 19.0. The van der Waals surface area contributed by atoms with Crippen molar-refractivity contribution in [2.24, 2.45) is 0 Å². The minimum absolute atomic E-state index is 0.0330. The molecule has 1 aromatic carbocycles. The van der Waals surface area contributed by atoms with E-state index in [4.69, 9.17) is 16.0 Å². The van der Waals surface area contributed by atoms with Gasteiger partial charge in [0.15, 0.2) is 5.82 Å². The first-order valence-corrected chi connectivity index (χ1v) is 11.1. The lowest BCUT2D eigenvalue weighted by atomic mass is 10.0. The van der Waals surface area contributed by atoms with Crippen molar-refractivity contribution in [1.82, 2.24) is 35.0 Å². The number of ether oxygens (including phenoxy) is 2. The highest BCUT2D eigenvalue weighted by atomic mass is 19.1. The number of benzene rings is 1. The van der Waals surface area contributed by atoms with Gasteiger partial charge in [0.05, 0.1) is 38.9 Å². The van der Waals surface area contributed by atoms with E-state index in [9.17, 15) is 9.18 Å². The minimum atomic E-state index is -0.610. The van der Waals surface area contributed by atoms with Gasteiger partial charge in [-0.2, -0.15) is 4.68 Å². The Balaban J connectivity index is 1.20. The average Bonchev–Trinajstić information content (AvgIpc) is 3.43. The van der Waals surface area contributed by atoms with Crippen LogP contribution in [0.15, 0.2) is 36.8 Å². The number of piperazine rings is 1. The quantitative estimate of drug-likeness (QED) is 0.510. The van der Waals surface area contributed by atoms with Crippen LogP contribution in [0.5, 0.6) is 5.75 Å². The highest BCUT2D eigenvalue weighted by Gasteiger charge is 2.36. The summed E-state index contributed by atoms with van der Waals surface area (Å²) in [5, 5.41) is 11.0. The van der Waals surface area contributed by atoms with Crippen molar-refractivity contribution < 1.29 is 18.7 Å². The summed E-state index contributed by atoms with van der Waals surface area (Å²) in [6.07, 6.45) is 3.03. The Morgan fingerprint density at radius 2 is 2.17 bits per heavy atom. The van der Waals surface area contributed by atoms with Crippen LogP contribution in [-0.2, 0) is 16.0 Å². The number of morpholine rings is 1. The van der Waals surface area contributed by atoms with Crippen LogP contribution in [-0.4, -0.2) is 86.8 Å². The Bertz CT molecular complexity index is 1240. The van der Waals surface area contributed by atoms with Gasteiger partial charge < -0.3 is 14.4 Å². The Labute approximate surface area is 200 Å². The van der Waals surface area contributed by atoms with Crippen molar-refractivity contribution in [3.8, 4) is 11.6 Å². The van der Waals surface area contributed by atoms with Gasteiger partial charge in [-0.1, -0.05) is 12.1 Å². The fraction of sp³-hybridized carbons (Fsp3) is 0.391. The molecule has 2 atom stereocenters. The molecule has 0 unspecified atom stereocenters. The second kappa shape index (κ2) is 9.73. The largest absolute Gasteiger partial charge is 0.507 e. The van der Waals surface area contributed by atoms with Crippen molar-refractivity contribution >= 4 is 11.6 Å². The monoisotopic (exact) mass is 478 g/mol. The number of hydrogen-bond donors (Lipinski definition) is 0. The maximum Gasteiger partial charge on any atom is 0.263 e. The number of pyridine rings is 1. The van der Waals surface area contributed by atoms with Crippen LogP contribution >= 0.6 is 0 Å². The van der Waals surface area contributed by atoms with E-state index >= 15 is 0 Å². The molecule has 0 N–H and O–H groups in total. The molecule has 0 radical (unpaired) electrons. The van der Waals surface area contributed by atoms with Crippen molar-refractivity contribution in [1.29, 1.82) is 0 Å². The third-order valence-electron chi connectivity index (χ3n) is 6.37. The van der Waals surface area contributed by atoms with Gasteiger partial charge in [0.1, 0.15) is 17.9 Å². The Kier molecular flexibility index (Phi) is 6.35. The summed E-state index contributed by atoms with van der Waals surface area (Å²) in [5.41, 5.74) is 1.34. The van der Waals surface area contributed by atoms with E-state index < -0.39 is 5.82 Å². The number of carbonyl (C=O) groups is 1. The van der Waals surface area contributed by atoms with Crippen LogP contribution in [0.4, 0.5) is 10.1 Å². The zero-order chi connectivity index (χ0) is 24.4. The molecule has 0 bridgehead atoms. The molecule has 1 amide bonds. The van der Waals surface area contributed by atoms with E-state index in [2.05, 4.69) is 30.3 Å². The van der Waals surface area contributed by atoms with Gasteiger partial charge in [0.2, 0.25) is 5.91 Å². The standard InChI is InChI=1S/C23H23FN8O3/c1-25-22-18(24)5-4-17(23(22)34-2)19-12-30-7-8-31(11-16(30)13-35-19)21(33)9-15-3-6-20(26-10-15)32-14-27-28-29-32/h3-6,10,14,16,19H,7-9,11-13H2,2H3/t16-,19-/m0/s1. The van der Waals surface area contributed by atoms with Crippen molar-refractivity contribution in [2.45, 2.75) is 18.6 Å². The highest BCUT2D eigenvalue weighted by Crippen LogP contribution is 2.40. The molecule has 180 valence electrons. The van der Waals surface area contributed by atoms with E-state index in [1.807, 2.05) is 11.0 Å². The number of hydrogen-bond acceptors (Lipinski definition) is 8. The Morgan fingerprint density at radius 3 is 2.89 bits per heavy atom. The van der Waals surface area contributed by atoms with Gasteiger partial charge in [0.25, 0.3) is 5.69 Å². The topological polar surface area (TPSA) is 103 Å². The fourth-order valence-corrected chi connectivity index (χ4v) is 4.54. The van der Waals surface area contributed by atoms with Crippen molar-refractivity contribution in [3.05, 3.63) is 65.2 Å². The number of methoxy groups -OCH3 is 1. The number of carbonyl (C=O) groups excluding carboxylic acids is 1. The number of rotatable bonds is 5. The van der Waals surface area contributed by atoms with Gasteiger partial charge in [-0.25, -0.2) is 14.2 Å². The average molecular weight is 478 g/mol. The first-order valence-electron chi connectivity index (χ1n) is 11.1. The lowest BCUT2D eigenvalue weighted by Gasteiger charge is -2.46.